The summed E-state index contributed by atoms with van der Waals surface area (Å²) < 4.78 is 33.5. The molecule has 3 aromatic carbocycles. The molecule has 2 fully saturated rings. The molecule has 4 aromatic rings. The lowest BCUT2D eigenvalue weighted by atomic mass is 10.2. The van der Waals surface area contributed by atoms with Crippen LogP contribution in [0.5, 0.6) is 0 Å². The maximum atomic E-state index is 13.8. The Morgan fingerprint density at radius 1 is 0.897 bits per heavy atom. The van der Waals surface area contributed by atoms with Crippen LogP contribution in [0.15, 0.2) is 88.2 Å². The number of fused-ring (bicyclic) bond motifs is 1. The van der Waals surface area contributed by atoms with E-state index in [0.717, 1.165) is 9.82 Å². The first kappa shape index (κ1) is 25.2. The quantitative estimate of drug-likeness (QED) is 0.362. The van der Waals surface area contributed by atoms with Crippen molar-refractivity contribution in [3.8, 4) is 0 Å². The molecule has 0 aliphatic carbocycles. The Morgan fingerprint density at radius 3 is 2.28 bits per heavy atom. The summed E-state index contributed by atoms with van der Waals surface area (Å²) in [5, 5.41) is 0.239. The van der Waals surface area contributed by atoms with Crippen LogP contribution in [0, 0.1) is 0 Å². The molecule has 1 unspecified atom stereocenters. The summed E-state index contributed by atoms with van der Waals surface area (Å²) in [6.45, 7) is 1.31. The van der Waals surface area contributed by atoms with Crippen LogP contribution in [0.2, 0.25) is 5.02 Å². The van der Waals surface area contributed by atoms with Gasteiger partial charge in [0.05, 0.1) is 22.2 Å². The van der Waals surface area contributed by atoms with E-state index in [1.54, 1.807) is 47.4 Å². The largest absolute Gasteiger partial charge is 0.423 e. The summed E-state index contributed by atoms with van der Waals surface area (Å²) >= 11 is 6.41. The fourth-order valence-electron chi connectivity index (χ4n) is 4.92. The van der Waals surface area contributed by atoms with Crippen molar-refractivity contribution in [2.24, 2.45) is 0 Å². The minimum atomic E-state index is -4.20. The third kappa shape index (κ3) is 4.47. The number of carbonyl (C=O) groups excluding carboxylic acids is 2. The molecule has 2 saturated heterocycles. The maximum absolute atomic E-state index is 13.8. The van der Waals surface area contributed by atoms with Crippen LogP contribution in [0.1, 0.15) is 0 Å². The molecule has 200 valence electrons. The molecule has 6 rings (SSSR count). The van der Waals surface area contributed by atoms with Crippen molar-refractivity contribution >= 4 is 56.4 Å². The Balaban J connectivity index is 1.26. The molecule has 10 nitrogen and oxygen atoms in total. The van der Waals surface area contributed by atoms with Crippen LogP contribution in [0.25, 0.3) is 11.1 Å². The molecule has 3 amide bonds. The topological polar surface area (TPSA) is 107 Å². The lowest BCUT2D eigenvalue weighted by Crippen LogP contribution is -2.55. The number of rotatable bonds is 5. The third-order valence-corrected chi connectivity index (χ3v) is 9.02. The number of piperazine rings is 1. The van der Waals surface area contributed by atoms with Gasteiger partial charge in [0.15, 0.2) is 5.58 Å². The summed E-state index contributed by atoms with van der Waals surface area (Å²) in [6.07, 6.45) is 0. The van der Waals surface area contributed by atoms with E-state index in [0.29, 0.717) is 37.8 Å². The van der Waals surface area contributed by atoms with Gasteiger partial charge in [-0.15, -0.1) is 0 Å². The second-order valence-corrected chi connectivity index (χ2v) is 11.5. The van der Waals surface area contributed by atoms with Crippen molar-refractivity contribution in [1.29, 1.82) is 0 Å². The van der Waals surface area contributed by atoms with Crippen molar-refractivity contribution in [1.82, 2.24) is 14.2 Å². The standard InChI is InChI=1S/C27H24ClN5O5S/c28-20-10-4-6-12-22(20)33-23(18-32(27(33)35)39(36,37)19-8-2-1-3-9-19)25(34)30-14-16-31(17-15-30)26-29-21-11-5-7-13-24(21)38-26/h1-13,23H,14-18H2. The Morgan fingerprint density at radius 2 is 1.56 bits per heavy atom. The Bertz CT molecular complexity index is 1620. The fourth-order valence-corrected chi connectivity index (χ4v) is 6.54. The number of halogens is 1. The van der Waals surface area contributed by atoms with Gasteiger partial charge in [-0.3, -0.25) is 9.69 Å². The van der Waals surface area contributed by atoms with Gasteiger partial charge < -0.3 is 14.2 Å². The van der Waals surface area contributed by atoms with Gasteiger partial charge in [-0.2, -0.15) is 4.98 Å². The van der Waals surface area contributed by atoms with Gasteiger partial charge in [0, 0.05) is 26.2 Å². The predicted molar refractivity (Wildman–Crippen MR) is 146 cm³/mol. The van der Waals surface area contributed by atoms with Crippen LogP contribution < -0.4 is 9.80 Å². The van der Waals surface area contributed by atoms with E-state index in [1.165, 1.54) is 17.0 Å². The Hall–Kier alpha value is -4.09. The zero-order valence-electron chi connectivity index (χ0n) is 20.7. The van der Waals surface area contributed by atoms with Crippen molar-refractivity contribution in [3.63, 3.8) is 0 Å². The van der Waals surface area contributed by atoms with E-state index in [2.05, 4.69) is 4.98 Å². The van der Waals surface area contributed by atoms with Gasteiger partial charge in [-0.1, -0.05) is 54.1 Å². The molecule has 12 heteroatoms. The molecular formula is C27H24ClN5O5S. The van der Waals surface area contributed by atoms with Crippen LogP contribution >= 0.6 is 11.6 Å². The molecule has 0 spiro atoms. The first-order valence-electron chi connectivity index (χ1n) is 12.4. The number of sulfonamides is 1. The number of aromatic nitrogens is 1. The maximum Gasteiger partial charge on any atom is 0.339 e. The average Bonchev–Trinajstić information content (AvgIpc) is 3.55. The molecule has 2 aliphatic heterocycles. The number of para-hydroxylation sites is 3. The summed E-state index contributed by atoms with van der Waals surface area (Å²) in [4.78, 5) is 36.8. The van der Waals surface area contributed by atoms with E-state index in [4.69, 9.17) is 16.0 Å². The van der Waals surface area contributed by atoms with Crippen LogP contribution in [0.4, 0.5) is 16.5 Å². The fraction of sp³-hybridized carbons (Fsp3) is 0.222. The van der Waals surface area contributed by atoms with Gasteiger partial charge in [-0.05, 0) is 36.4 Å². The molecule has 0 radical (unpaired) electrons. The first-order chi connectivity index (χ1) is 18.8. The highest BCUT2D eigenvalue weighted by atomic mass is 35.5. The number of carbonyl (C=O) groups is 2. The van der Waals surface area contributed by atoms with E-state index < -0.39 is 22.1 Å². The summed E-state index contributed by atoms with van der Waals surface area (Å²) in [5.41, 5.74) is 1.72. The highest BCUT2D eigenvalue weighted by Gasteiger charge is 2.49. The van der Waals surface area contributed by atoms with Gasteiger partial charge in [0.1, 0.15) is 11.6 Å². The third-order valence-electron chi connectivity index (χ3n) is 6.94. The molecule has 0 N–H and O–H groups in total. The number of hydrogen-bond donors (Lipinski definition) is 0. The Labute approximate surface area is 230 Å². The van der Waals surface area contributed by atoms with Crippen LogP contribution in [-0.2, 0) is 14.8 Å². The number of oxazole rings is 1. The van der Waals surface area contributed by atoms with E-state index >= 15 is 0 Å². The van der Waals surface area contributed by atoms with Crippen molar-refractivity contribution < 1.29 is 22.4 Å². The number of benzene rings is 3. The van der Waals surface area contributed by atoms with E-state index in [9.17, 15) is 18.0 Å². The zero-order valence-corrected chi connectivity index (χ0v) is 22.3. The van der Waals surface area contributed by atoms with Crippen molar-refractivity contribution in [3.05, 3.63) is 83.9 Å². The molecule has 3 heterocycles. The number of urea groups is 1. The van der Waals surface area contributed by atoms with Gasteiger partial charge in [0.25, 0.3) is 16.0 Å². The molecule has 39 heavy (non-hydrogen) atoms. The molecule has 2 aliphatic rings. The predicted octanol–water partition coefficient (Wildman–Crippen LogP) is 3.83. The lowest BCUT2D eigenvalue weighted by Gasteiger charge is -2.36. The highest BCUT2D eigenvalue weighted by molar-refractivity contribution is 7.89. The highest BCUT2D eigenvalue weighted by Crippen LogP contribution is 2.34. The van der Waals surface area contributed by atoms with Gasteiger partial charge in [-0.25, -0.2) is 17.5 Å². The summed E-state index contributed by atoms with van der Waals surface area (Å²) in [5.74, 6) is -0.355. The minimum Gasteiger partial charge on any atom is -0.423 e. The molecule has 1 aromatic heterocycles. The van der Waals surface area contributed by atoms with E-state index in [1.807, 2.05) is 29.2 Å². The average molecular weight is 566 g/mol. The van der Waals surface area contributed by atoms with Crippen LogP contribution in [0.3, 0.4) is 0 Å². The summed E-state index contributed by atoms with van der Waals surface area (Å²) in [7, 11) is -4.20. The smallest absolute Gasteiger partial charge is 0.339 e. The van der Waals surface area contributed by atoms with Gasteiger partial charge in [0.2, 0.25) is 5.91 Å². The monoisotopic (exact) mass is 565 g/mol. The van der Waals surface area contributed by atoms with Crippen LogP contribution in [-0.4, -0.2) is 73.3 Å². The van der Waals surface area contributed by atoms with Crippen molar-refractivity contribution in [2.75, 3.05) is 42.5 Å². The molecule has 0 bridgehead atoms. The first-order valence-corrected chi connectivity index (χ1v) is 14.2. The number of nitrogens with zero attached hydrogens (tertiary/aromatic N) is 5. The molecule has 0 saturated carbocycles. The second kappa shape index (κ2) is 9.90. The lowest BCUT2D eigenvalue weighted by molar-refractivity contribution is -0.132. The van der Waals surface area contributed by atoms with Gasteiger partial charge >= 0.3 is 6.03 Å². The molecule has 1 atom stereocenters. The number of hydrogen-bond acceptors (Lipinski definition) is 7. The van der Waals surface area contributed by atoms with E-state index in [-0.39, 0.29) is 28.1 Å². The van der Waals surface area contributed by atoms with Crippen molar-refractivity contribution in [2.45, 2.75) is 10.9 Å². The SMILES string of the molecule is O=C(C1CN(S(=O)(=O)c2ccccc2)C(=O)N1c1ccccc1Cl)N1CCN(c2nc3ccccc3o2)CC1. The number of anilines is 2. The number of amides is 3. The zero-order chi connectivity index (χ0) is 27.1. The minimum absolute atomic E-state index is 0.0301. The Kier molecular flexibility index (Phi) is 6.40. The molecular weight excluding hydrogens is 542 g/mol. The normalized spacial score (nSPS) is 18.3. The summed E-state index contributed by atoms with van der Waals surface area (Å²) in [6, 6.07) is 20.3. The second-order valence-electron chi connectivity index (χ2n) is 9.25.